The molecule has 3 nitrogen and oxygen atoms in total. The molecule has 3 fully saturated rings. The Balaban J connectivity index is 0.00000218. The molecule has 0 radical (unpaired) electrons. The van der Waals surface area contributed by atoms with Gasteiger partial charge in [-0.05, 0) is 61.5 Å². The summed E-state index contributed by atoms with van der Waals surface area (Å²) in [7, 11) is 0. The van der Waals surface area contributed by atoms with E-state index in [-0.39, 0.29) is 12.4 Å². The van der Waals surface area contributed by atoms with Gasteiger partial charge in [-0.15, -0.1) is 12.4 Å². The van der Waals surface area contributed by atoms with Gasteiger partial charge in [-0.2, -0.15) is 0 Å². The first kappa shape index (κ1) is 21.9. The van der Waals surface area contributed by atoms with E-state index in [1.54, 1.807) is 0 Å². The highest BCUT2D eigenvalue weighted by molar-refractivity contribution is 5.85. The predicted molar refractivity (Wildman–Crippen MR) is 127 cm³/mol. The van der Waals surface area contributed by atoms with E-state index in [9.17, 15) is 0 Å². The molecule has 0 bridgehead atoms. The molecule has 0 spiro atoms. The maximum atomic E-state index is 4.87. The van der Waals surface area contributed by atoms with E-state index >= 15 is 0 Å². The molecule has 3 aliphatic rings. The first-order valence-electron chi connectivity index (χ1n) is 12.3. The number of aromatic amines is 1. The highest BCUT2D eigenvalue weighted by atomic mass is 35.5. The molecule has 0 aliphatic heterocycles. The summed E-state index contributed by atoms with van der Waals surface area (Å²) in [6.07, 6.45) is 19.9. The van der Waals surface area contributed by atoms with Gasteiger partial charge in [0.05, 0.1) is 17.9 Å². The number of H-pyrrole nitrogens is 1. The van der Waals surface area contributed by atoms with E-state index in [4.69, 9.17) is 4.98 Å². The number of aromatic nitrogens is 2. The first-order valence-corrected chi connectivity index (χ1v) is 12.3. The number of nitrogens with one attached hydrogen (secondary N) is 2. The Hall–Kier alpha value is -1.32. The zero-order chi connectivity index (χ0) is 19.5. The van der Waals surface area contributed by atoms with E-state index in [1.807, 2.05) is 0 Å². The highest BCUT2D eigenvalue weighted by Crippen LogP contribution is 2.37. The normalized spacial score (nSPS) is 22.3. The molecule has 4 heteroatoms. The number of rotatable bonds is 6. The van der Waals surface area contributed by atoms with Gasteiger partial charge in [0.2, 0.25) is 0 Å². The van der Waals surface area contributed by atoms with Crippen LogP contribution < -0.4 is 5.32 Å². The van der Waals surface area contributed by atoms with Gasteiger partial charge in [-0.25, -0.2) is 4.98 Å². The molecule has 1 atom stereocenters. The number of benzene rings is 1. The van der Waals surface area contributed by atoms with E-state index in [0.717, 1.165) is 17.7 Å². The number of hydrogen-bond donors (Lipinski definition) is 2. The molecular weight excluding hydrogens is 390 g/mol. The second kappa shape index (κ2) is 10.3. The summed E-state index contributed by atoms with van der Waals surface area (Å²) in [5, 5.41) is 3.96. The Bertz CT molecular complexity index is 768. The van der Waals surface area contributed by atoms with Crippen LogP contribution in [0.1, 0.15) is 107 Å². The summed E-state index contributed by atoms with van der Waals surface area (Å²) in [6.45, 7) is 0. The number of halogens is 1. The van der Waals surface area contributed by atoms with Crippen LogP contribution in [0.4, 0.5) is 0 Å². The van der Waals surface area contributed by atoms with Crippen molar-refractivity contribution in [1.82, 2.24) is 15.3 Å². The standard InChI is InChI=1S/C26H37N3.ClH/c1-3-8-19(9-4-1)20-14-16-21(17-15-20)24-18-27-26(29-24)25(28-23-12-7-13-23)22-10-5-2-6-11-22;/h14-19,22-23,25,28H,1-13H2,(H,27,29);1H/t25-;/m0./s1. The van der Waals surface area contributed by atoms with Crippen molar-refractivity contribution in [3.63, 3.8) is 0 Å². The molecule has 0 saturated heterocycles. The average Bonchev–Trinajstić information content (AvgIpc) is 3.24. The van der Waals surface area contributed by atoms with Crippen molar-refractivity contribution >= 4 is 12.4 Å². The van der Waals surface area contributed by atoms with Crippen molar-refractivity contribution in [2.75, 3.05) is 0 Å². The fraction of sp³-hybridized carbons (Fsp3) is 0.654. The Morgan fingerprint density at radius 1 is 0.800 bits per heavy atom. The molecule has 30 heavy (non-hydrogen) atoms. The Morgan fingerprint density at radius 2 is 1.47 bits per heavy atom. The highest BCUT2D eigenvalue weighted by Gasteiger charge is 2.31. The maximum absolute atomic E-state index is 4.87. The van der Waals surface area contributed by atoms with Gasteiger partial charge in [0.15, 0.2) is 0 Å². The second-order valence-corrected chi connectivity index (χ2v) is 9.81. The van der Waals surface area contributed by atoms with Crippen LogP contribution in [0.25, 0.3) is 11.3 Å². The predicted octanol–water partition coefficient (Wildman–Crippen LogP) is 7.31. The summed E-state index contributed by atoms with van der Waals surface area (Å²) < 4.78 is 0. The maximum Gasteiger partial charge on any atom is 0.124 e. The smallest absolute Gasteiger partial charge is 0.124 e. The molecule has 1 aromatic heterocycles. The average molecular weight is 428 g/mol. The zero-order valence-electron chi connectivity index (χ0n) is 18.2. The van der Waals surface area contributed by atoms with Gasteiger partial charge >= 0.3 is 0 Å². The van der Waals surface area contributed by atoms with Gasteiger partial charge in [0.25, 0.3) is 0 Å². The van der Waals surface area contributed by atoms with Gasteiger partial charge in [0, 0.05) is 6.04 Å². The van der Waals surface area contributed by atoms with Crippen LogP contribution in [0, 0.1) is 5.92 Å². The third kappa shape index (κ3) is 4.94. The molecule has 0 amide bonds. The molecule has 0 unspecified atom stereocenters. The van der Waals surface area contributed by atoms with Crippen LogP contribution in [-0.2, 0) is 0 Å². The summed E-state index contributed by atoms with van der Waals surface area (Å²) in [6, 6.07) is 10.4. The largest absolute Gasteiger partial charge is 0.341 e. The fourth-order valence-corrected chi connectivity index (χ4v) is 5.75. The van der Waals surface area contributed by atoms with Gasteiger partial charge in [-0.3, -0.25) is 0 Å². The molecule has 164 valence electrons. The second-order valence-electron chi connectivity index (χ2n) is 9.81. The first-order chi connectivity index (χ1) is 14.4. The van der Waals surface area contributed by atoms with Crippen LogP contribution in [0.3, 0.4) is 0 Å². The van der Waals surface area contributed by atoms with Crippen molar-refractivity contribution in [3.05, 3.63) is 41.9 Å². The van der Waals surface area contributed by atoms with E-state index in [1.165, 1.54) is 100 Å². The third-order valence-corrected chi connectivity index (χ3v) is 7.83. The lowest BCUT2D eigenvalue weighted by Crippen LogP contribution is -2.41. The van der Waals surface area contributed by atoms with Crippen LogP contribution in [0.5, 0.6) is 0 Å². The van der Waals surface area contributed by atoms with E-state index < -0.39 is 0 Å². The molecule has 3 aliphatic carbocycles. The number of hydrogen-bond acceptors (Lipinski definition) is 2. The van der Waals surface area contributed by atoms with Crippen molar-refractivity contribution < 1.29 is 0 Å². The third-order valence-electron chi connectivity index (χ3n) is 7.83. The van der Waals surface area contributed by atoms with Crippen LogP contribution in [0.15, 0.2) is 30.5 Å². The lowest BCUT2D eigenvalue weighted by atomic mass is 9.82. The fourth-order valence-electron chi connectivity index (χ4n) is 5.75. The Kier molecular flexibility index (Phi) is 7.54. The lowest BCUT2D eigenvalue weighted by Gasteiger charge is -2.36. The van der Waals surface area contributed by atoms with Crippen LogP contribution in [0.2, 0.25) is 0 Å². The minimum Gasteiger partial charge on any atom is -0.341 e. The van der Waals surface area contributed by atoms with Crippen molar-refractivity contribution in [2.24, 2.45) is 5.92 Å². The number of imidazole rings is 1. The Labute approximate surface area is 188 Å². The van der Waals surface area contributed by atoms with E-state index in [0.29, 0.717) is 12.1 Å². The molecule has 2 aromatic rings. The monoisotopic (exact) mass is 427 g/mol. The van der Waals surface area contributed by atoms with Crippen molar-refractivity contribution in [1.29, 1.82) is 0 Å². The van der Waals surface area contributed by atoms with Crippen molar-refractivity contribution in [2.45, 2.75) is 101 Å². The van der Waals surface area contributed by atoms with Crippen molar-refractivity contribution in [3.8, 4) is 11.3 Å². The van der Waals surface area contributed by atoms with Gasteiger partial charge in [0.1, 0.15) is 5.82 Å². The lowest BCUT2D eigenvalue weighted by molar-refractivity contribution is 0.212. The van der Waals surface area contributed by atoms with Crippen LogP contribution in [-0.4, -0.2) is 16.0 Å². The SMILES string of the molecule is Cl.c1cc(C2CCCCC2)ccc1-c1cnc([C@@H](NC2CCC2)C2CCCCC2)[nH]1. The number of nitrogens with zero attached hydrogens (tertiary/aromatic N) is 1. The zero-order valence-corrected chi connectivity index (χ0v) is 19.1. The summed E-state index contributed by atoms with van der Waals surface area (Å²) in [4.78, 5) is 8.58. The minimum absolute atomic E-state index is 0. The van der Waals surface area contributed by atoms with Crippen LogP contribution >= 0.6 is 12.4 Å². The molecule has 2 N–H and O–H groups in total. The summed E-state index contributed by atoms with van der Waals surface area (Å²) in [5.41, 5.74) is 3.97. The Morgan fingerprint density at radius 3 is 2.10 bits per heavy atom. The summed E-state index contributed by atoms with van der Waals surface area (Å²) >= 11 is 0. The molecule has 1 heterocycles. The molecule has 5 rings (SSSR count). The van der Waals surface area contributed by atoms with Gasteiger partial charge in [-0.1, -0.05) is 69.2 Å². The molecule has 3 saturated carbocycles. The summed E-state index contributed by atoms with van der Waals surface area (Å²) in [5.74, 6) is 2.67. The quantitative estimate of drug-likeness (QED) is 0.507. The molecular formula is C26H38ClN3. The van der Waals surface area contributed by atoms with E-state index in [2.05, 4.69) is 40.8 Å². The topological polar surface area (TPSA) is 40.7 Å². The molecule has 1 aromatic carbocycles. The minimum atomic E-state index is 0. The van der Waals surface area contributed by atoms with Gasteiger partial charge < -0.3 is 10.3 Å².